The molecule has 0 atom stereocenters. The number of methoxy groups -OCH3 is 1. The van der Waals surface area contributed by atoms with E-state index in [0.29, 0.717) is 5.13 Å². The second-order valence-corrected chi connectivity index (χ2v) is 6.53. The molecule has 0 aliphatic rings. The van der Waals surface area contributed by atoms with Gasteiger partial charge in [-0.05, 0) is 36.4 Å². The van der Waals surface area contributed by atoms with Gasteiger partial charge in [-0.2, -0.15) is 0 Å². The summed E-state index contributed by atoms with van der Waals surface area (Å²) in [4.78, 5) is 21.1. The normalized spacial score (nSPS) is 10.8. The van der Waals surface area contributed by atoms with E-state index in [4.69, 9.17) is 4.74 Å². The number of hydrogen-bond donors (Lipinski definition) is 1. The second kappa shape index (κ2) is 6.97. The molecule has 2 aromatic heterocycles. The number of aromatic nitrogens is 3. The van der Waals surface area contributed by atoms with E-state index in [-0.39, 0.29) is 12.5 Å². The molecule has 6 nitrogen and oxygen atoms in total. The molecule has 130 valence electrons. The first-order valence-corrected chi connectivity index (χ1v) is 8.90. The number of carbonyl (C=O) groups excluding carboxylic acids is 1. The van der Waals surface area contributed by atoms with E-state index in [1.165, 1.54) is 11.3 Å². The number of thiazole rings is 1. The van der Waals surface area contributed by atoms with Crippen LogP contribution in [0.2, 0.25) is 0 Å². The third-order valence-corrected chi connectivity index (χ3v) is 4.74. The predicted molar refractivity (Wildman–Crippen MR) is 102 cm³/mol. The molecule has 0 radical (unpaired) electrons. The average molecular weight is 364 g/mol. The Kier molecular flexibility index (Phi) is 4.37. The van der Waals surface area contributed by atoms with Crippen molar-refractivity contribution in [3.8, 4) is 17.0 Å². The van der Waals surface area contributed by atoms with Crippen LogP contribution >= 0.6 is 11.3 Å². The van der Waals surface area contributed by atoms with Gasteiger partial charge in [0.25, 0.3) is 0 Å². The van der Waals surface area contributed by atoms with Crippen molar-refractivity contribution < 1.29 is 9.53 Å². The summed E-state index contributed by atoms with van der Waals surface area (Å²) in [6, 6.07) is 15.4. The minimum Gasteiger partial charge on any atom is -0.497 e. The number of ether oxygens (including phenoxy) is 1. The molecule has 0 aliphatic carbocycles. The van der Waals surface area contributed by atoms with Gasteiger partial charge in [-0.25, -0.2) is 9.97 Å². The van der Waals surface area contributed by atoms with Gasteiger partial charge in [0.1, 0.15) is 12.3 Å². The lowest BCUT2D eigenvalue weighted by Crippen LogP contribution is -2.18. The zero-order chi connectivity index (χ0) is 17.9. The van der Waals surface area contributed by atoms with Gasteiger partial charge >= 0.3 is 0 Å². The summed E-state index contributed by atoms with van der Waals surface area (Å²) in [5.41, 5.74) is 3.60. The van der Waals surface area contributed by atoms with Gasteiger partial charge in [0.2, 0.25) is 5.91 Å². The third kappa shape index (κ3) is 3.29. The smallest absolute Gasteiger partial charge is 0.246 e. The van der Waals surface area contributed by atoms with Crippen LogP contribution in [0, 0.1) is 0 Å². The fourth-order valence-electron chi connectivity index (χ4n) is 2.68. The van der Waals surface area contributed by atoms with Gasteiger partial charge in [-0.15, -0.1) is 11.3 Å². The minimum absolute atomic E-state index is 0.135. The number of nitrogens with zero attached hydrogens (tertiary/aromatic N) is 3. The van der Waals surface area contributed by atoms with Crippen molar-refractivity contribution in [1.29, 1.82) is 0 Å². The molecular weight excluding hydrogens is 348 g/mol. The van der Waals surface area contributed by atoms with E-state index in [1.54, 1.807) is 13.4 Å². The Hall–Kier alpha value is -3.19. The second-order valence-electron chi connectivity index (χ2n) is 5.68. The highest BCUT2D eigenvalue weighted by Gasteiger charge is 2.10. The Balaban J connectivity index is 1.45. The first-order chi connectivity index (χ1) is 12.7. The topological polar surface area (TPSA) is 69.0 Å². The summed E-state index contributed by atoms with van der Waals surface area (Å²) in [5.74, 6) is 0.661. The lowest BCUT2D eigenvalue weighted by atomic mass is 10.2. The van der Waals surface area contributed by atoms with Crippen LogP contribution in [0.15, 0.2) is 60.2 Å². The summed E-state index contributed by atoms with van der Waals surface area (Å²) in [6.45, 7) is 0.192. The molecule has 26 heavy (non-hydrogen) atoms. The van der Waals surface area contributed by atoms with E-state index in [1.807, 2.05) is 58.5 Å². The van der Waals surface area contributed by atoms with Gasteiger partial charge in [0.15, 0.2) is 5.13 Å². The van der Waals surface area contributed by atoms with E-state index in [9.17, 15) is 4.79 Å². The SMILES string of the molecule is COc1ccc(-c2csc(NC(=O)Cn3cnc4ccccc43)n2)cc1. The Morgan fingerprint density at radius 2 is 2.00 bits per heavy atom. The van der Waals surface area contributed by atoms with Crippen LogP contribution in [0.4, 0.5) is 5.13 Å². The van der Waals surface area contributed by atoms with Gasteiger partial charge in [-0.1, -0.05) is 12.1 Å². The maximum atomic E-state index is 12.3. The van der Waals surface area contributed by atoms with Gasteiger partial charge in [0, 0.05) is 10.9 Å². The first kappa shape index (κ1) is 16.3. The van der Waals surface area contributed by atoms with Crippen LogP contribution in [0.1, 0.15) is 0 Å². The minimum atomic E-state index is -0.135. The number of anilines is 1. The number of imidazole rings is 1. The summed E-state index contributed by atoms with van der Waals surface area (Å²) in [6.07, 6.45) is 1.68. The monoisotopic (exact) mass is 364 g/mol. The lowest BCUT2D eigenvalue weighted by Gasteiger charge is -2.04. The molecule has 2 aromatic carbocycles. The highest BCUT2D eigenvalue weighted by atomic mass is 32.1. The van der Waals surface area contributed by atoms with Gasteiger partial charge in [-0.3, -0.25) is 4.79 Å². The summed E-state index contributed by atoms with van der Waals surface area (Å²) >= 11 is 1.40. The van der Waals surface area contributed by atoms with E-state index in [0.717, 1.165) is 28.0 Å². The Bertz CT molecular complexity index is 1050. The van der Waals surface area contributed by atoms with Crippen molar-refractivity contribution in [3.05, 3.63) is 60.2 Å². The fourth-order valence-corrected chi connectivity index (χ4v) is 3.41. The van der Waals surface area contributed by atoms with Crippen molar-refractivity contribution >= 4 is 33.4 Å². The van der Waals surface area contributed by atoms with Crippen LogP contribution in [0.25, 0.3) is 22.3 Å². The molecule has 0 saturated heterocycles. The van der Waals surface area contributed by atoms with Crippen LogP contribution in [0.3, 0.4) is 0 Å². The van der Waals surface area contributed by atoms with Crippen molar-refractivity contribution in [2.75, 3.05) is 12.4 Å². The van der Waals surface area contributed by atoms with Gasteiger partial charge in [0.05, 0.1) is 30.2 Å². The van der Waals surface area contributed by atoms with Crippen LogP contribution in [0.5, 0.6) is 5.75 Å². The van der Waals surface area contributed by atoms with Crippen molar-refractivity contribution in [1.82, 2.24) is 14.5 Å². The van der Waals surface area contributed by atoms with E-state index >= 15 is 0 Å². The zero-order valence-corrected chi connectivity index (χ0v) is 14.9. The largest absolute Gasteiger partial charge is 0.497 e. The number of fused-ring (bicyclic) bond motifs is 1. The molecule has 0 fully saturated rings. The van der Waals surface area contributed by atoms with E-state index in [2.05, 4.69) is 15.3 Å². The first-order valence-electron chi connectivity index (χ1n) is 8.02. The third-order valence-electron chi connectivity index (χ3n) is 3.98. The Morgan fingerprint density at radius 1 is 1.19 bits per heavy atom. The number of benzene rings is 2. The molecule has 4 rings (SSSR count). The molecule has 4 aromatic rings. The molecule has 0 bridgehead atoms. The maximum absolute atomic E-state index is 12.3. The van der Waals surface area contributed by atoms with Crippen LogP contribution in [-0.2, 0) is 11.3 Å². The number of hydrogen-bond acceptors (Lipinski definition) is 5. The molecule has 7 heteroatoms. The number of carbonyl (C=O) groups is 1. The summed E-state index contributed by atoms with van der Waals surface area (Å²) < 4.78 is 6.98. The van der Waals surface area contributed by atoms with E-state index < -0.39 is 0 Å². The Labute approximate surface area is 154 Å². The standard InChI is InChI=1S/C19H16N4O2S/c1-25-14-8-6-13(7-9-14)16-11-26-19(21-16)22-18(24)10-23-12-20-15-4-2-3-5-17(15)23/h2-9,11-12H,10H2,1H3,(H,21,22,24). The highest BCUT2D eigenvalue weighted by molar-refractivity contribution is 7.14. The highest BCUT2D eigenvalue weighted by Crippen LogP contribution is 2.26. The maximum Gasteiger partial charge on any atom is 0.246 e. The number of amides is 1. The molecule has 0 saturated carbocycles. The van der Waals surface area contributed by atoms with Gasteiger partial charge < -0.3 is 14.6 Å². The molecule has 1 N–H and O–H groups in total. The van der Waals surface area contributed by atoms with Crippen molar-refractivity contribution in [2.24, 2.45) is 0 Å². The molecule has 0 aliphatic heterocycles. The summed E-state index contributed by atoms with van der Waals surface area (Å²) in [5, 5.41) is 5.35. The molecule has 2 heterocycles. The predicted octanol–water partition coefficient (Wildman–Crippen LogP) is 3.81. The Morgan fingerprint density at radius 3 is 2.81 bits per heavy atom. The number of rotatable bonds is 5. The molecular formula is C19H16N4O2S. The fraction of sp³-hybridized carbons (Fsp3) is 0.105. The molecule has 1 amide bonds. The van der Waals surface area contributed by atoms with Crippen molar-refractivity contribution in [3.63, 3.8) is 0 Å². The summed E-state index contributed by atoms with van der Waals surface area (Å²) in [7, 11) is 1.63. The molecule has 0 unspecified atom stereocenters. The van der Waals surface area contributed by atoms with Crippen LogP contribution < -0.4 is 10.1 Å². The van der Waals surface area contributed by atoms with Crippen molar-refractivity contribution in [2.45, 2.75) is 6.54 Å². The number of nitrogens with one attached hydrogen (secondary N) is 1. The lowest BCUT2D eigenvalue weighted by molar-refractivity contribution is -0.116. The molecule has 0 spiro atoms. The quantitative estimate of drug-likeness (QED) is 0.585. The zero-order valence-electron chi connectivity index (χ0n) is 14.0. The number of para-hydroxylation sites is 2. The van der Waals surface area contributed by atoms with Crippen LogP contribution in [-0.4, -0.2) is 27.6 Å². The average Bonchev–Trinajstić information content (AvgIpc) is 3.29.